The molecule has 0 spiro atoms. The number of aliphatic hydroxyl groups is 1. The van der Waals surface area contributed by atoms with Crippen LogP contribution in [0.1, 0.15) is 18.3 Å². The third-order valence-corrected chi connectivity index (χ3v) is 1.64. The first-order chi connectivity index (χ1) is 7.27. The molecule has 0 radical (unpaired) electrons. The second-order valence-electron chi connectivity index (χ2n) is 2.73. The molecule has 1 rings (SSSR count). The maximum absolute atomic E-state index is 8.55. The van der Waals surface area contributed by atoms with E-state index in [1.807, 2.05) is 12.1 Å². The lowest BCUT2D eigenvalue weighted by Gasteiger charge is -1.98. The van der Waals surface area contributed by atoms with Gasteiger partial charge in [-0.15, -0.1) is 0 Å². The smallest absolute Gasteiger partial charge is 0.114 e. The minimum Gasteiger partial charge on any atom is -0.399 e. The van der Waals surface area contributed by atoms with E-state index in [1.54, 1.807) is 13.0 Å². The van der Waals surface area contributed by atoms with Crippen molar-refractivity contribution in [2.45, 2.75) is 6.92 Å². The van der Waals surface area contributed by atoms with E-state index in [0.29, 0.717) is 17.1 Å². The first-order valence-electron chi connectivity index (χ1n) is 4.43. The Hall–Kier alpha value is -1.86. The maximum Gasteiger partial charge on any atom is 0.114 e. The van der Waals surface area contributed by atoms with Gasteiger partial charge in [0.05, 0.1) is 5.69 Å². The van der Waals surface area contributed by atoms with E-state index in [0.717, 1.165) is 0 Å². The Balaban J connectivity index is 2.97. The summed E-state index contributed by atoms with van der Waals surface area (Å²) in [5.41, 5.74) is 2.00. The lowest BCUT2D eigenvalue weighted by Crippen LogP contribution is -2.00. The number of oxime groups is 1. The molecule has 0 amide bonds. The molecule has 0 saturated carbocycles. The summed E-state index contributed by atoms with van der Waals surface area (Å²) in [6.07, 6.45) is 0. The summed E-state index contributed by atoms with van der Waals surface area (Å²) in [7, 11) is 1.49. The number of rotatable bonds is 2. The molecule has 0 fully saturated rings. The van der Waals surface area contributed by atoms with E-state index in [2.05, 4.69) is 26.8 Å². The van der Waals surface area contributed by atoms with Gasteiger partial charge in [0.1, 0.15) is 25.1 Å². The summed E-state index contributed by atoms with van der Waals surface area (Å²) in [4.78, 5) is 8.88. The molecule has 0 bridgehead atoms. The fraction of sp³-hybridized carbons (Fsp3) is 0.273. The normalized spacial score (nSPS) is 10.5. The van der Waals surface area contributed by atoms with E-state index in [-0.39, 0.29) is 6.61 Å². The molecular weight excluding hydrogens is 192 g/mol. The average molecular weight is 204 g/mol. The highest BCUT2D eigenvalue weighted by molar-refractivity contribution is 5.96. The summed E-state index contributed by atoms with van der Waals surface area (Å²) in [6.45, 7) is 1.63. The van der Waals surface area contributed by atoms with Gasteiger partial charge >= 0.3 is 0 Å². The van der Waals surface area contributed by atoms with Gasteiger partial charge in [-0.1, -0.05) is 17.1 Å². The molecule has 0 aromatic carbocycles. The van der Waals surface area contributed by atoms with Crippen LogP contribution in [0.3, 0.4) is 0 Å². The predicted octanol–water partition coefficient (Wildman–Crippen LogP) is 0.796. The summed E-state index contributed by atoms with van der Waals surface area (Å²) < 4.78 is 0. The molecule has 0 aliphatic carbocycles. The monoisotopic (exact) mass is 204 g/mol. The van der Waals surface area contributed by atoms with E-state index < -0.39 is 0 Å². The minimum atomic E-state index is -0.170. The zero-order valence-electron chi connectivity index (χ0n) is 8.69. The van der Waals surface area contributed by atoms with Crippen molar-refractivity contribution in [3.8, 4) is 11.8 Å². The molecule has 0 aliphatic rings. The molecule has 15 heavy (non-hydrogen) atoms. The van der Waals surface area contributed by atoms with E-state index >= 15 is 0 Å². The van der Waals surface area contributed by atoms with Gasteiger partial charge in [-0.05, 0) is 25.0 Å². The number of aliphatic hydroxyl groups excluding tert-OH is 1. The lowest BCUT2D eigenvalue weighted by molar-refractivity contribution is 0.213. The maximum atomic E-state index is 8.55. The molecule has 0 saturated heterocycles. The SMILES string of the molecule is CO/N=C(\C)c1cccc(C#CCO)n1. The van der Waals surface area contributed by atoms with Crippen molar-refractivity contribution < 1.29 is 9.94 Å². The van der Waals surface area contributed by atoms with Crippen molar-refractivity contribution in [3.05, 3.63) is 29.6 Å². The van der Waals surface area contributed by atoms with Gasteiger partial charge in [0.2, 0.25) is 0 Å². The molecular formula is C11H12N2O2. The van der Waals surface area contributed by atoms with Gasteiger partial charge in [0, 0.05) is 0 Å². The third kappa shape index (κ3) is 3.41. The largest absolute Gasteiger partial charge is 0.399 e. The molecule has 1 aromatic rings. The fourth-order valence-electron chi connectivity index (χ4n) is 1.02. The summed E-state index contributed by atoms with van der Waals surface area (Å²) in [5.74, 6) is 5.26. The van der Waals surface area contributed by atoms with Gasteiger partial charge in [-0.25, -0.2) is 4.98 Å². The molecule has 1 heterocycles. The van der Waals surface area contributed by atoms with Crippen LogP contribution in [0.25, 0.3) is 0 Å². The highest BCUT2D eigenvalue weighted by atomic mass is 16.6. The van der Waals surface area contributed by atoms with Crippen LogP contribution in [0.15, 0.2) is 23.4 Å². The van der Waals surface area contributed by atoms with E-state index in [4.69, 9.17) is 5.11 Å². The lowest BCUT2D eigenvalue weighted by atomic mass is 10.2. The topological polar surface area (TPSA) is 54.7 Å². The van der Waals surface area contributed by atoms with E-state index in [9.17, 15) is 0 Å². The molecule has 1 aromatic heterocycles. The molecule has 0 unspecified atom stereocenters. The average Bonchev–Trinajstić information content (AvgIpc) is 2.27. The summed E-state index contributed by atoms with van der Waals surface area (Å²) in [5, 5.41) is 12.3. The predicted molar refractivity (Wildman–Crippen MR) is 57.4 cm³/mol. The summed E-state index contributed by atoms with van der Waals surface area (Å²) >= 11 is 0. The molecule has 1 N–H and O–H groups in total. The Labute approximate surface area is 88.6 Å². The Morgan fingerprint density at radius 2 is 2.40 bits per heavy atom. The zero-order chi connectivity index (χ0) is 11.1. The number of hydrogen-bond donors (Lipinski definition) is 1. The zero-order valence-corrected chi connectivity index (χ0v) is 8.69. The van der Waals surface area contributed by atoms with Crippen molar-refractivity contribution in [2.24, 2.45) is 5.16 Å². The quantitative estimate of drug-likeness (QED) is 0.440. The van der Waals surface area contributed by atoms with Crippen LogP contribution in [-0.2, 0) is 4.84 Å². The second kappa shape index (κ2) is 5.78. The van der Waals surface area contributed by atoms with Gasteiger partial charge in [0.15, 0.2) is 0 Å². The molecule has 78 valence electrons. The first kappa shape index (κ1) is 11.2. The molecule has 0 atom stereocenters. The second-order valence-corrected chi connectivity index (χ2v) is 2.73. The Kier molecular flexibility index (Phi) is 4.32. The van der Waals surface area contributed by atoms with Crippen LogP contribution < -0.4 is 0 Å². The Bertz CT molecular complexity index is 416. The van der Waals surface area contributed by atoms with Crippen LogP contribution in [0, 0.1) is 11.8 Å². The molecule has 4 heteroatoms. The standard InChI is InChI=1S/C11H12N2O2/c1-9(13-15-2)11-7-3-5-10(12-11)6-4-8-14/h3,5,7,14H,8H2,1-2H3/b13-9+. The van der Waals surface area contributed by atoms with Crippen molar-refractivity contribution in [3.63, 3.8) is 0 Å². The van der Waals surface area contributed by atoms with Crippen LogP contribution in [0.2, 0.25) is 0 Å². The highest BCUT2D eigenvalue weighted by Gasteiger charge is 1.99. The molecule has 0 aliphatic heterocycles. The van der Waals surface area contributed by atoms with Gasteiger partial charge in [-0.2, -0.15) is 0 Å². The summed E-state index contributed by atoms with van der Waals surface area (Å²) in [6, 6.07) is 5.42. The highest BCUT2D eigenvalue weighted by Crippen LogP contribution is 2.00. The van der Waals surface area contributed by atoms with Crippen molar-refractivity contribution in [2.75, 3.05) is 13.7 Å². The van der Waals surface area contributed by atoms with Crippen LogP contribution in [0.5, 0.6) is 0 Å². The Morgan fingerprint density at radius 1 is 1.60 bits per heavy atom. The fourth-order valence-corrected chi connectivity index (χ4v) is 1.02. The first-order valence-corrected chi connectivity index (χ1v) is 4.43. The number of nitrogens with zero attached hydrogens (tertiary/aromatic N) is 2. The van der Waals surface area contributed by atoms with Crippen LogP contribution >= 0.6 is 0 Å². The van der Waals surface area contributed by atoms with Crippen molar-refractivity contribution >= 4 is 5.71 Å². The number of hydrogen-bond acceptors (Lipinski definition) is 4. The number of aromatic nitrogens is 1. The van der Waals surface area contributed by atoms with Crippen molar-refractivity contribution in [1.82, 2.24) is 4.98 Å². The minimum absolute atomic E-state index is 0.170. The molecule has 4 nitrogen and oxygen atoms in total. The van der Waals surface area contributed by atoms with Gasteiger partial charge in [-0.3, -0.25) is 0 Å². The van der Waals surface area contributed by atoms with E-state index in [1.165, 1.54) is 7.11 Å². The number of pyridine rings is 1. The van der Waals surface area contributed by atoms with Gasteiger partial charge in [0.25, 0.3) is 0 Å². The van der Waals surface area contributed by atoms with Crippen LogP contribution in [0.4, 0.5) is 0 Å². The third-order valence-electron chi connectivity index (χ3n) is 1.64. The Morgan fingerprint density at radius 3 is 3.07 bits per heavy atom. The van der Waals surface area contributed by atoms with Crippen LogP contribution in [-0.4, -0.2) is 29.5 Å². The van der Waals surface area contributed by atoms with Gasteiger partial charge < -0.3 is 9.94 Å². The van der Waals surface area contributed by atoms with Crippen molar-refractivity contribution in [1.29, 1.82) is 0 Å².